The van der Waals surface area contributed by atoms with Crippen molar-refractivity contribution in [3.8, 4) is 11.5 Å². The minimum Gasteiger partial charge on any atom is -0.493 e. The maximum Gasteiger partial charge on any atom is 0.161 e. The van der Waals surface area contributed by atoms with Gasteiger partial charge in [0, 0.05) is 18.6 Å². The molecular formula is C15H25NO3. The Morgan fingerprint density at radius 1 is 1.16 bits per heavy atom. The smallest absolute Gasteiger partial charge is 0.161 e. The zero-order chi connectivity index (χ0) is 14.4. The summed E-state index contributed by atoms with van der Waals surface area (Å²) in [6, 6.07) is 6.09. The molecule has 2 unspecified atom stereocenters. The van der Waals surface area contributed by atoms with Crippen molar-refractivity contribution in [3.05, 3.63) is 23.8 Å². The topological polar surface area (TPSA) is 41.9 Å². The monoisotopic (exact) mass is 267 g/mol. The number of aliphatic hydroxyl groups excluding tert-OH is 1. The van der Waals surface area contributed by atoms with E-state index in [1.54, 1.807) is 14.2 Å². The average Bonchev–Trinajstić information content (AvgIpc) is 2.43. The predicted octanol–water partition coefficient (Wildman–Crippen LogP) is 2.33. The van der Waals surface area contributed by atoms with Gasteiger partial charge >= 0.3 is 0 Å². The molecule has 0 radical (unpaired) electrons. The highest BCUT2D eigenvalue weighted by molar-refractivity contribution is 5.44. The van der Waals surface area contributed by atoms with Crippen LogP contribution in [0.15, 0.2) is 18.2 Å². The molecule has 2 atom stereocenters. The zero-order valence-electron chi connectivity index (χ0n) is 12.5. The summed E-state index contributed by atoms with van der Waals surface area (Å²) in [5.41, 5.74) is 1.13. The van der Waals surface area contributed by atoms with Crippen LogP contribution < -0.4 is 9.47 Å². The maximum absolute atomic E-state index is 9.55. The van der Waals surface area contributed by atoms with Gasteiger partial charge in [0.25, 0.3) is 0 Å². The molecule has 1 rings (SSSR count). The first-order valence-electron chi connectivity index (χ1n) is 6.58. The van der Waals surface area contributed by atoms with Gasteiger partial charge in [-0.15, -0.1) is 0 Å². The van der Waals surface area contributed by atoms with Crippen LogP contribution in [0.25, 0.3) is 0 Å². The lowest BCUT2D eigenvalue weighted by Gasteiger charge is -2.31. The van der Waals surface area contributed by atoms with Gasteiger partial charge in [-0.25, -0.2) is 0 Å². The molecule has 4 nitrogen and oxygen atoms in total. The molecule has 1 aromatic carbocycles. The first kappa shape index (κ1) is 15.8. The lowest BCUT2D eigenvalue weighted by molar-refractivity contribution is 0.130. The molecule has 0 saturated carbocycles. The van der Waals surface area contributed by atoms with Crippen LogP contribution in [-0.4, -0.2) is 44.9 Å². The van der Waals surface area contributed by atoms with E-state index in [-0.39, 0.29) is 18.6 Å². The minimum absolute atomic E-state index is 0.162. The van der Waals surface area contributed by atoms with E-state index in [2.05, 4.69) is 11.8 Å². The minimum atomic E-state index is 0.162. The quantitative estimate of drug-likeness (QED) is 0.823. The van der Waals surface area contributed by atoms with E-state index in [4.69, 9.17) is 9.47 Å². The molecule has 0 saturated heterocycles. The Morgan fingerprint density at radius 2 is 1.79 bits per heavy atom. The highest BCUT2D eigenvalue weighted by Crippen LogP contribution is 2.35. The summed E-state index contributed by atoms with van der Waals surface area (Å²) in [5, 5.41) is 9.55. The van der Waals surface area contributed by atoms with Crippen molar-refractivity contribution in [2.45, 2.75) is 19.4 Å². The third-order valence-electron chi connectivity index (χ3n) is 3.51. The summed E-state index contributed by atoms with van der Waals surface area (Å²) >= 11 is 0. The number of methoxy groups -OCH3 is 2. The molecule has 0 fully saturated rings. The Kier molecular flexibility index (Phi) is 6.12. The van der Waals surface area contributed by atoms with Gasteiger partial charge in [-0.2, -0.15) is 0 Å². The van der Waals surface area contributed by atoms with Crippen molar-refractivity contribution in [2.24, 2.45) is 5.92 Å². The Balaban J connectivity index is 3.16. The van der Waals surface area contributed by atoms with Crippen molar-refractivity contribution < 1.29 is 14.6 Å². The second kappa shape index (κ2) is 7.36. The number of ether oxygens (including phenoxy) is 2. The average molecular weight is 267 g/mol. The normalized spacial score (nSPS) is 14.3. The SMILES string of the molecule is CCC(CO)C(c1ccc(OC)c(OC)c1)N(C)C. The van der Waals surface area contributed by atoms with Crippen molar-refractivity contribution in [3.63, 3.8) is 0 Å². The van der Waals surface area contributed by atoms with Crippen LogP contribution in [0.2, 0.25) is 0 Å². The third kappa shape index (κ3) is 3.61. The second-order valence-electron chi connectivity index (χ2n) is 4.87. The summed E-state index contributed by atoms with van der Waals surface area (Å²) in [7, 11) is 7.32. The van der Waals surface area contributed by atoms with Gasteiger partial charge in [0.05, 0.1) is 14.2 Å². The van der Waals surface area contributed by atoms with E-state index in [9.17, 15) is 5.11 Å². The van der Waals surface area contributed by atoms with E-state index in [1.165, 1.54) is 0 Å². The Labute approximate surface area is 115 Å². The molecule has 0 aromatic heterocycles. The number of hydrogen-bond donors (Lipinski definition) is 1. The second-order valence-corrected chi connectivity index (χ2v) is 4.87. The van der Waals surface area contributed by atoms with Crippen LogP contribution in [0.5, 0.6) is 11.5 Å². The molecule has 0 spiro atoms. The van der Waals surface area contributed by atoms with Crippen LogP contribution in [0, 0.1) is 5.92 Å². The van der Waals surface area contributed by atoms with E-state index < -0.39 is 0 Å². The van der Waals surface area contributed by atoms with E-state index in [0.29, 0.717) is 0 Å². The number of nitrogens with zero attached hydrogens (tertiary/aromatic N) is 1. The molecule has 1 N–H and O–H groups in total. The summed E-state index contributed by atoms with van der Waals surface area (Å²) in [5.74, 6) is 1.65. The van der Waals surface area contributed by atoms with Crippen molar-refractivity contribution in [2.75, 3.05) is 34.9 Å². The first-order chi connectivity index (χ1) is 9.08. The van der Waals surface area contributed by atoms with E-state index >= 15 is 0 Å². The van der Waals surface area contributed by atoms with Crippen LogP contribution in [-0.2, 0) is 0 Å². The number of benzene rings is 1. The van der Waals surface area contributed by atoms with Gasteiger partial charge in [0.15, 0.2) is 11.5 Å². The van der Waals surface area contributed by atoms with E-state index in [0.717, 1.165) is 23.5 Å². The Bertz CT molecular complexity index is 389. The molecule has 1 aromatic rings. The highest BCUT2D eigenvalue weighted by atomic mass is 16.5. The lowest BCUT2D eigenvalue weighted by Crippen LogP contribution is -2.29. The fourth-order valence-corrected chi connectivity index (χ4v) is 2.48. The highest BCUT2D eigenvalue weighted by Gasteiger charge is 2.24. The fraction of sp³-hybridized carbons (Fsp3) is 0.600. The largest absolute Gasteiger partial charge is 0.493 e. The molecule has 0 aliphatic carbocycles. The molecule has 0 aliphatic heterocycles. The lowest BCUT2D eigenvalue weighted by atomic mass is 9.90. The summed E-state index contributed by atoms with van der Waals surface area (Å²) in [4.78, 5) is 2.13. The first-order valence-corrected chi connectivity index (χ1v) is 6.58. The summed E-state index contributed by atoms with van der Waals surface area (Å²) in [6.07, 6.45) is 0.924. The molecule has 19 heavy (non-hydrogen) atoms. The summed E-state index contributed by atoms with van der Waals surface area (Å²) in [6.45, 7) is 2.27. The van der Waals surface area contributed by atoms with Crippen LogP contribution in [0.3, 0.4) is 0 Å². The Hall–Kier alpha value is -1.26. The standard InChI is InChI=1S/C15H25NO3/c1-6-11(10-17)15(16(2)3)12-7-8-13(18-4)14(9-12)19-5/h7-9,11,15,17H,6,10H2,1-5H3. The summed E-state index contributed by atoms with van der Waals surface area (Å²) < 4.78 is 10.6. The third-order valence-corrected chi connectivity index (χ3v) is 3.51. The maximum atomic E-state index is 9.55. The molecule has 0 amide bonds. The van der Waals surface area contributed by atoms with Gasteiger partial charge in [-0.05, 0) is 38.2 Å². The molecule has 4 heteroatoms. The van der Waals surface area contributed by atoms with Crippen molar-refractivity contribution in [1.29, 1.82) is 0 Å². The fourth-order valence-electron chi connectivity index (χ4n) is 2.48. The molecular weight excluding hydrogens is 242 g/mol. The molecule has 0 bridgehead atoms. The van der Waals surface area contributed by atoms with Crippen molar-refractivity contribution >= 4 is 0 Å². The van der Waals surface area contributed by atoms with Gasteiger partial charge in [0.1, 0.15) is 0 Å². The van der Waals surface area contributed by atoms with Crippen molar-refractivity contribution in [1.82, 2.24) is 4.90 Å². The van der Waals surface area contributed by atoms with Gasteiger partial charge in [-0.1, -0.05) is 13.0 Å². The Morgan fingerprint density at radius 3 is 2.21 bits per heavy atom. The number of hydrogen-bond acceptors (Lipinski definition) is 4. The van der Waals surface area contributed by atoms with Gasteiger partial charge in [0.2, 0.25) is 0 Å². The zero-order valence-corrected chi connectivity index (χ0v) is 12.5. The van der Waals surface area contributed by atoms with Crippen LogP contribution >= 0.6 is 0 Å². The van der Waals surface area contributed by atoms with Gasteiger partial charge < -0.3 is 19.5 Å². The van der Waals surface area contributed by atoms with Crippen LogP contribution in [0.1, 0.15) is 24.9 Å². The number of rotatable bonds is 7. The number of aliphatic hydroxyl groups is 1. The van der Waals surface area contributed by atoms with Crippen LogP contribution in [0.4, 0.5) is 0 Å². The molecule has 0 aliphatic rings. The molecule has 108 valence electrons. The van der Waals surface area contributed by atoms with E-state index in [1.807, 2.05) is 32.3 Å². The van der Waals surface area contributed by atoms with Gasteiger partial charge in [-0.3, -0.25) is 0 Å². The predicted molar refractivity (Wildman–Crippen MR) is 76.8 cm³/mol. The molecule has 0 heterocycles.